The van der Waals surface area contributed by atoms with Crippen molar-refractivity contribution < 1.29 is 0 Å². The molecule has 0 aromatic heterocycles. The normalized spacial score (nSPS) is 51.5. The first-order valence-electron chi connectivity index (χ1n) is 5.81. The van der Waals surface area contributed by atoms with Gasteiger partial charge < -0.3 is 5.73 Å². The summed E-state index contributed by atoms with van der Waals surface area (Å²) in [5, 5.41) is 0. The van der Waals surface area contributed by atoms with Crippen LogP contribution in [-0.2, 0) is 0 Å². The molecule has 0 spiro atoms. The minimum absolute atomic E-state index is 0.483. The minimum Gasteiger partial charge on any atom is -0.328 e. The van der Waals surface area contributed by atoms with E-state index in [4.69, 9.17) is 5.73 Å². The Labute approximate surface area is 82.1 Å². The summed E-state index contributed by atoms with van der Waals surface area (Å²) in [4.78, 5) is 0. The predicted octanol–water partition coefficient (Wildman–Crippen LogP) is 3.08. The molecule has 0 bridgehead atoms. The smallest absolute Gasteiger partial charge is 0.00444 e. The van der Waals surface area contributed by atoms with Crippen molar-refractivity contribution in [3.63, 3.8) is 0 Å². The molecular weight excluding hydrogens is 158 g/mol. The molecule has 2 aliphatic carbocycles. The van der Waals surface area contributed by atoms with Crippen LogP contribution in [0.25, 0.3) is 0 Å². The van der Waals surface area contributed by atoms with Crippen LogP contribution in [0.2, 0.25) is 0 Å². The molecule has 2 aliphatic rings. The van der Waals surface area contributed by atoms with E-state index in [2.05, 4.69) is 13.8 Å². The van der Waals surface area contributed by atoms with Crippen LogP contribution in [-0.4, -0.2) is 6.04 Å². The zero-order valence-corrected chi connectivity index (χ0v) is 9.10. The summed E-state index contributed by atoms with van der Waals surface area (Å²) in [6.45, 7) is 4.98. The van der Waals surface area contributed by atoms with Crippen LogP contribution in [0.5, 0.6) is 0 Å². The van der Waals surface area contributed by atoms with Crippen LogP contribution in [0.15, 0.2) is 0 Å². The van der Waals surface area contributed by atoms with Crippen LogP contribution in [0.1, 0.15) is 58.8 Å². The summed E-state index contributed by atoms with van der Waals surface area (Å²) in [5.41, 5.74) is 7.26. The van der Waals surface area contributed by atoms with E-state index in [1.807, 2.05) is 0 Å². The second-order valence-corrected chi connectivity index (χ2v) is 5.83. The monoisotopic (exact) mass is 181 g/mol. The number of hydrogen-bond acceptors (Lipinski definition) is 1. The van der Waals surface area contributed by atoms with E-state index in [-0.39, 0.29) is 0 Å². The topological polar surface area (TPSA) is 26.0 Å². The van der Waals surface area contributed by atoms with Gasteiger partial charge in [0, 0.05) is 6.04 Å². The van der Waals surface area contributed by atoms with E-state index in [1.165, 1.54) is 44.9 Å². The fourth-order valence-electron chi connectivity index (χ4n) is 3.59. The van der Waals surface area contributed by atoms with Gasteiger partial charge in [0.05, 0.1) is 0 Å². The van der Waals surface area contributed by atoms with Gasteiger partial charge in [0.2, 0.25) is 0 Å². The molecule has 0 heterocycles. The molecule has 2 rings (SSSR count). The summed E-state index contributed by atoms with van der Waals surface area (Å²) in [6, 6.07) is 0.483. The maximum Gasteiger partial charge on any atom is 0.00444 e. The number of rotatable bonds is 0. The van der Waals surface area contributed by atoms with E-state index in [0.717, 1.165) is 0 Å². The van der Waals surface area contributed by atoms with E-state index in [0.29, 0.717) is 16.9 Å². The van der Waals surface area contributed by atoms with Gasteiger partial charge in [-0.2, -0.15) is 0 Å². The fraction of sp³-hybridized carbons (Fsp3) is 1.00. The molecule has 2 fully saturated rings. The molecule has 2 saturated carbocycles. The molecule has 2 N–H and O–H groups in total. The molecule has 1 heteroatoms. The van der Waals surface area contributed by atoms with Gasteiger partial charge in [0.1, 0.15) is 0 Å². The van der Waals surface area contributed by atoms with Crippen molar-refractivity contribution in [2.75, 3.05) is 0 Å². The summed E-state index contributed by atoms with van der Waals surface area (Å²) in [5.74, 6) is 0. The van der Waals surface area contributed by atoms with Crippen LogP contribution in [0.3, 0.4) is 0 Å². The maximum atomic E-state index is 6.09. The molecule has 0 saturated heterocycles. The molecular formula is C12H23N. The van der Waals surface area contributed by atoms with Gasteiger partial charge in [-0.25, -0.2) is 0 Å². The van der Waals surface area contributed by atoms with Gasteiger partial charge in [-0.1, -0.05) is 26.7 Å². The van der Waals surface area contributed by atoms with Crippen molar-refractivity contribution in [3.8, 4) is 0 Å². The van der Waals surface area contributed by atoms with Crippen molar-refractivity contribution in [3.05, 3.63) is 0 Å². The molecule has 0 aromatic rings. The van der Waals surface area contributed by atoms with Gasteiger partial charge in [-0.3, -0.25) is 0 Å². The Morgan fingerprint density at radius 3 is 2.31 bits per heavy atom. The lowest BCUT2D eigenvalue weighted by Gasteiger charge is -2.55. The van der Waals surface area contributed by atoms with E-state index in [1.54, 1.807) is 0 Å². The minimum atomic E-state index is 0.483. The lowest BCUT2D eigenvalue weighted by atomic mass is 9.51. The summed E-state index contributed by atoms with van der Waals surface area (Å²) in [6.07, 6.45) is 9.62. The Morgan fingerprint density at radius 2 is 1.62 bits per heavy atom. The third-order valence-corrected chi connectivity index (χ3v) is 4.94. The van der Waals surface area contributed by atoms with Crippen molar-refractivity contribution in [2.45, 2.75) is 64.8 Å². The Kier molecular flexibility index (Phi) is 2.18. The predicted molar refractivity (Wildman–Crippen MR) is 56.5 cm³/mol. The van der Waals surface area contributed by atoms with Gasteiger partial charge in [0.25, 0.3) is 0 Å². The Balaban J connectivity index is 2.20. The third-order valence-electron chi connectivity index (χ3n) is 4.94. The fourth-order valence-corrected chi connectivity index (χ4v) is 3.59. The molecule has 0 aromatic carbocycles. The summed E-state index contributed by atoms with van der Waals surface area (Å²) in [7, 11) is 0. The first kappa shape index (κ1) is 9.51. The molecule has 13 heavy (non-hydrogen) atoms. The highest BCUT2D eigenvalue weighted by atomic mass is 14.7. The van der Waals surface area contributed by atoms with E-state index >= 15 is 0 Å². The first-order valence-corrected chi connectivity index (χ1v) is 5.81. The van der Waals surface area contributed by atoms with E-state index in [9.17, 15) is 0 Å². The molecule has 0 amide bonds. The average Bonchev–Trinajstić information content (AvgIpc) is 2.07. The van der Waals surface area contributed by atoms with Crippen molar-refractivity contribution in [2.24, 2.45) is 16.6 Å². The number of hydrogen-bond donors (Lipinski definition) is 1. The molecule has 3 atom stereocenters. The Morgan fingerprint density at radius 1 is 1.00 bits per heavy atom. The number of fused-ring (bicyclic) bond motifs is 1. The van der Waals surface area contributed by atoms with Crippen LogP contribution < -0.4 is 5.73 Å². The lowest BCUT2D eigenvalue weighted by molar-refractivity contribution is -0.0332. The van der Waals surface area contributed by atoms with E-state index < -0.39 is 0 Å². The van der Waals surface area contributed by atoms with Crippen molar-refractivity contribution >= 4 is 0 Å². The van der Waals surface area contributed by atoms with Crippen molar-refractivity contribution in [1.29, 1.82) is 0 Å². The molecule has 0 aliphatic heterocycles. The molecule has 76 valence electrons. The SMILES string of the molecule is C[C@]12CCCC[C@]1(C)C[C@H](N)CC2. The van der Waals surface area contributed by atoms with Gasteiger partial charge in [-0.05, 0) is 42.9 Å². The maximum absolute atomic E-state index is 6.09. The van der Waals surface area contributed by atoms with Crippen molar-refractivity contribution in [1.82, 2.24) is 0 Å². The highest BCUT2D eigenvalue weighted by molar-refractivity contribution is 5.00. The largest absolute Gasteiger partial charge is 0.328 e. The Bertz CT molecular complexity index is 201. The van der Waals surface area contributed by atoms with Gasteiger partial charge in [0.15, 0.2) is 0 Å². The lowest BCUT2D eigenvalue weighted by Crippen LogP contribution is -2.48. The van der Waals surface area contributed by atoms with Crippen LogP contribution in [0, 0.1) is 10.8 Å². The summed E-state index contributed by atoms with van der Waals surface area (Å²) < 4.78 is 0. The first-order chi connectivity index (χ1) is 6.06. The third kappa shape index (κ3) is 1.41. The summed E-state index contributed by atoms with van der Waals surface area (Å²) >= 11 is 0. The second-order valence-electron chi connectivity index (χ2n) is 5.83. The number of nitrogens with two attached hydrogens (primary N) is 1. The second kappa shape index (κ2) is 2.98. The van der Waals surface area contributed by atoms with Gasteiger partial charge >= 0.3 is 0 Å². The molecule has 1 nitrogen and oxygen atoms in total. The zero-order chi connectivity index (χ0) is 9.53. The quantitative estimate of drug-likeness (QED) is 0.610. The highest BCUT2D eigenvalue weighted by Gasteiger charge is 2.48. The van der Waals surface area contributed by atoms with Crippen LogP contribution >= 0.6 is 0 Å². The van der Waals surface area contributed by atoms with Crippen LogP contribution in [0.4, 0.5) is 0 Å². The highest BCUT2D eigenvalue weighted by Crippen LogP contribution is 2.58. The average molecular weight is 181 g/mol. The standard InChI is InChI=1S/C12H23N/c1-11-6-3-4-7-12(11,2)9-10(13)5-8-11/h10H,3-9,13H2,1-2H3/t10-,11-,12-/m1/s1. The Hall–Kier alpha value is -0.0400. The molecule has 0 radical (unpaired) electrons. The molecule has 0 unspecified atom stereocenters. The van der Waals surface area contributed by atoms with Gasteiger partial charge in [-0.15, -0.1) is 0 Å². The zero-order valence-electron chi connectivity index (χ0n) is 9.10.